The molecular weight excluding hydrogens is 333 g/mol. The lowest BCUT2D eigenvalue weighted by molar-refractivity contribution is 0.198. The lowest BCUT2D eigenvalue weighted by Gasteiger charge is -2.39. The number of piperidine rings is 1. The summed E-state index contributed by atoms with van der Waals surface area (Å²) in [5.41, 5.74) is 0.720. The van der Waals surface area contributed by atoms with Crippen LogP contribution in [0.15, 0.2) is 30.9 Å². The van der Waals surface area contributed by atoms with Gasteiger partial charge in [-0.05, 0) is 31.7 Å². The van der Waals surface area contributed by atoms with E-state index in [1.54, 1.807) is 25.7 Å². The molecule has 2 aliphatic rings. The van der Waals surface area contributed by atoms with E-state index in [0.717, 1.165) is 37.3 Å². The Bertz CT molecular complexity index is 746. The van der Waals surface area contributed by atoms with Crippen LogP contribution in [0.3, 0.4) is 0 Å². The van der Waals surface area contributed by atoms with Crippen LogP contribution in [0, 0.1) is 5.82 Å². The fourth-order valence-electron chi connectivity index (χ4n) is 3.74. The van der Waals surface area contributed by atoms with Gasteiger partial charge in [0.1, 0.15) is 18.0 Å². The van der Waals surface area contributed by atoms with Crippen molar-refractivity contribution < 1.29 is 9.13 Å². The molecule has 1 saturated heterocycles. The molecule has 0 spiro atoms. The summed E-state index contributed by atoms with van der Waals surface area (Å²) in [7, 11) is 1.63. The highest BCUT2D eigenvalue weighted by Crippen LogP contribution is 2.36. The van der Waals surface area contributed by atoms with Crippen LogP contribution in [0.4, 0.5) is 10.2 Å². The van der Waals surface area contributed by atoms with Gasteiger partial charge in [-0.15, -0.1) is 0 Å². The first-order chi connectivity index (χ1) is 12.7. The zero-order valence-corrected chi connectivity index (χ0v) is 15.0. The number of ether oxygens (including phenoxy) is 1. The predicted octanol–water partition coefficient (Wildman–Crippen LogP) is 2.65. The Balaban J connectivity index is 1.41. The van der Waals surface area contributed by atoms with Gasteiger partial charge >= 0.3 is 0 Å². The largest absolute Gasteiger partial charge is 0.481 e. The first-order valence-corrected chi connectivity index (χ1v) is 9.19. The molecule has 0 aromatic carbocycles. The maximum absolute atomic E-state index is 13.8. The topological polar surface area (TPSA) is 54.4 Å². The van der Waals surface area contributed by atoms with Crippen molar-refractivity contribution in [3.05, 3.63) is 42.2 Å². The van der Waals surface area contributed by atoms with Gasteiger partial charge in [0, 0.05) is 49.5 Å². The average molecular weight is 357 g/mol. The van der Waals surface area contributed by atoms with Crippen molar-refractivity contribution in [2.45, 2.75) is 44.3 Å². The van der Waals surface area contributed by atoms with Gasteiger partial charge in [0.25, 0.3) is 0 Å². The number of halogens is 1. The first-order valence-electron chi connectivity index (χ1n) is 9.19. The highest BCUT2D eigenvalue weighted by Gasteiger charge is 2.36. The molecule has 0 amide bonds. The zero-order valence-electron chi connectivity index (χ0n) is 15.0. The summed E-state index contributed by atoms with van der Waals surface area (Å²) in [6, 6.07) is 4.73. The molecule has 1 saturated carbocycles. The van der Waals surface area contributed by atoms with Gasteiger partial charge in [-0.1, -0.05) is 0 Å². The van der Waals surface area contributed by atoms with Crippen molar-refractivity contribution in [2.75, 3.05) is 25.1 Å². The molecule has 4 rings (SSSR count). The first kappa shape index (κ1) is 17.1. The number of hydrogen-bond acceptors (Lipinski definition) is 6. The second kappa shape index (κ2) is 7.53. The highest BCUT2D eigenvalue weighted by molar-refractivity contribution is 5.45. The van der Waals surface area contributed by atoms with Crippen LogP contribution >= 0.6 is 0 Å². The normalized spacial score (nSPS) is 18.7. The molecular formula is C19H24FN5O. The standard InChI is InChI=1S/C19H24FN5O/c1-26-19-10-18(22-13-23-19)25(15-2-3-15)16-5-8-24(9-6-16)12-14-4-7-21-11-17(14)20/h4,7,10-11,13,15-16H,2-3,5-6,8-9,12H2,1H3. The lowest BCUT2D eigenvalue weighted by Crippen LogP contribution is -2.46. The molecule has 7 heteroatoms. The van der Waals surface area contributed by atoms with Gasteiger partial charge in [-0.2, -0.15) is 0 Å². The molecule has 3 heterocycles. The Morgan fingerprint density at radius 3 is 2.65 bits per heavy atom. The molecule has 26 heavy (non-hydrogen) atoms. The fourth-order valence-corrected chi connectivity index (χ4v) is 3.74. The van der Waals surface area contributed by atoms with Gasteiger partial charge in [0.15, 0.2) is 0 Å². The minimum absolute atomic E-state index is 0.220. The van der Waals surface area contributed by atoms with Gasteiger partial charge < -0.3 is 9.64 Å². The van der Waals surface area contributed by atoms with Crippen LogP contribution in [0.1, 0.15) is 31.2 Å². The number of anilines is 1. The Morgan fingerprint density at radius 1 is 1.19 bits per heavy atom. The summed E-state index contributed by atoms with van der Waals surface area (Å²) in [6.07, 6.45) is 9.06. The Morgan fingerprint density at radius 2 is 1.96 bits per heavy atom. The van der Waals surface area contributed by atoms with Crippen molar-refractivity contribution in [3.63, 3.8) is 0 Å². The number of aromatic nitrogens is 3. The van der Waals surface area contributed by atoms with Gasteiger partial charge in [-0.3, -0.25) is 9.88 Å². The Labute approximate surface area is 153 Å². The van der Waals surface area contributed by atoms with Crippen LogP contribution in [-0.4, -0.2) is 52.1 Å². The molecule has 0 unspecified atom stereocenters. The minimum atomic E-state index is -0.220. The maximum atomic E-state index is 13.8. The summed E-state index contributed by atoms with van der Waals surface area (Å²) >= 11 is 0. The van der Waals surface area contributed by atoms with E-state index in [9.17, 15) is 4.39 Å². The van der Waals surface area contributed by atoms with Crippen LogP contribution in [0.2, 0.25) is 0 Å². The summed E-state index contributed by atoms with van der Waals surface area (Å²) in [4.78, 5) is 17.2. The van der Waals surface area contributed by atoms with E-state index >= 15 is 0 Å². The van der Waals surface area contributed by atoms with E-state index in [1.165, 1.54) is 19.0 Å². The third kappa shape index (κ3) is 3.77. The van der Waals surface area contributed by atoms with E-state index in [1.807, 2.05) is 6.07 Å². The van der Waals surface area contributed by atoms with Crippen LogP contribution in [-0.2, 0) is 6.54 Å². The Kier molecular flexibility index (Phi) is 4.97. The number of hydrogen-bond donors (Lipinski definition) is 0. The van der Waals surface area contributed by atoms with E-state index in [4.69, 9.17) is 4.74 Å². The third-order valence-corrected chi connectivity index (χ3v) is 5.24. The van der Waals surface area contributed by atoms with Gasteiger partial charge in [0.05, 0.1) is 13.3 Å². The molecule has 0 N–H and O–H groups in total. The molecule has 2 aromatic heterocycles. The lowest BCUT2D eigenvalue weighted by atomic mass is 10.0. The summed E-state index contributed by atoms with van der Waals surface area (Å²) in [6.45, 7) is 2.56. The second-order valence-electron chi connectivity index (χ2n) is 7.03. The van der Waals surface area contributed by atoms with Crippen molar-refractivity contribution >= 4 is 5.82 Å². The SMILES string of the molecule is COc1cc(N(C2CC2)C2CCN(Cc3ccncc3F)CC2)ncn1. The van der Waals surface area contributed by atoms with Gasteiger partial charge in [0.2, 0.25) is 5.88 Å². The molecule has 0 atom stereocenters. The average Bonchev–Trinajstić information content (AvgIpc) is 3.50. The van der Waals surface area contributed by atoms with E-state index in [-0.39, 0.29) is 5.82 Å². The zero-order chi connectivity index (χ0) is 17.9. The molecule has 1 aliphatic heterocycles. The highest BCUT2D eigenvalue weighted by atomic mass is 19.1. The molecule has 6 nitrogen and oxygen atoms in total. The monoisotopic (exact) mass is 357 g/mol. The molecule has 1 aliphatic carbocycles. The molecule has 0 radical (unpaired) electrons. The summed E-state index contributed by atoms with van der Waals surface area (Å²) < 4.78 is 19.1. The third-order valence-electron chi connectivity index (χ3n) is 5.24. The summed E-state index contributed by atoms with van der Waals surface area (Å²) in [5, 5.41) is 0. The minimum Gasteiger partial charge on any atom is -0.481 e. The smallest absolute Gasteiger partial charge is 0.218 e. The molecule has 2 fully saturated rings. The maximum Gasteiger partial charge on any atom is 0.218 e. The van der Waals surface area contributed by atoms with E-state index in [2.05, 4.69) is 24.8 Å². The number of nitrogens with zero attached hydrogens (tertiary/aromatic N) is 5. The van der Waals surface area contributed by atoms with E-state index < -0.39 is 0 Å². The second-order valence-corrected chi connectivity index (χ2v) is 7.03. The van der Waals surface area contributed by atoms with Crippen molar-refractivity contribution in [2.24, 2.45) is 0 Å². The molecule has 2 aromatic rings. The van der Waals surface area contributed by atoms with Crippen LogP contribution < -0.4 is 9.64 Å². The number of likely N-dealkylation sites (tertiary alicyclic amines) is 1. The predicted molar refractivity (Wildman–Crippen MR) is 96.6 cm³/mol. The number of pyridine rings is 1. The summed E-state index contributed by atoms with van der Waals surface area (Å²) in [5.74, 6) is 1.34. The van der Waals surface area contributed by atoms with Crippen LogP contribution in [0.25, 0.3) is 0 Å². The van der Waals surface area contributed by atoms with Crippen molar-refractivity contribution in [1.82, 2.24) is 19.9 Å². The van der Waals surface area contributed by atoms with E-state index in [0.29, 0.717) is 24.5 Å². The van der Waals surface area contributed by atoms with Crippen LogP contribution in [0.5, 0.6) is 5.88 Å². The molecule has 138 valence electrons. The van der Waals surface area contributed by atoms with Crippen molar-refractivity contribution in [1.29, 1.82) is 0 Å². The van der Waals surface area contributed by atoms with Crippen molar-refractivity contribution in [3.8, 4) is 5.88 Å². The Hall–Kier alpha value is -2.28. The fraction of sp³-hybridized carbons (Fsp3) is 0.526. The molecule has 0 bridgehead atoms. The quantitative estimate of drug-likeness (QED) is 0.792. The number of rotatable bonds is 6. The number of methoxy groups -OCH3 is 1. The van der Waals surface area contributed by atoms with Gasteiger partial charge in [-0.25, -0.2) is 14.4 Å².